The Bertz CT molecular complexity index is 534. The Hall–Kier alpha value is -1.79. The largest absolute Gasteiger partial charge is 0.461 e. The lowest BCUT2D eigenvalue weighted by Gasteiger charge is -2.23. The van der Waals surface area contributed by atoms with Gasteiger partial charge in [-0.15, -0.1) is 12.4 Å². The summed E-state index contributed by atoms with van der Waals surface area (Å²) < 4.78 is 10.2. The molecule has 3 N–H and O–H groups in total. The van der Waals surface area contributed by atoms with Crippen molar-refractivity contribution >= 4 is 18.3 Å². The molecular weight excluding hydrogens is 270 g/mol. The van der Waals surface area contributed by atoms with Crippen LogP contribution in [0, 0.1) is 0 Å². The van der Waals surface area contributed by atoms with E-state index in [2.05, 4.69) is 10.5 Å². The van der Waals surface area contributed by atoms with E-state index in [0.29, 0.717) is 18.1 Å². The Morgan fingerprint density at radius 1 is 1.47 bits per heavy atom. The van der Waals surface area contributed by atoms with Crippen LogP contribution in [-0.2, 0) is 0 Å². The first-order chi connectivity index (χ1) is 8.52. The number of carbonyl (C=O) groups excluding carboxylic acids is 1. The van der Waals surface area contributed by atoms with Gasteiger partial charge in [0.2, 0.25) is 5.76 Å². The monoisotopic (exact) mass is 285 g/mol. The number of halogens is 1. The molecule has 0 aliphatic carbocycles. The molecule has 0 fully saturated rings. The molecule has 19 heavy (non-hydrogen) atoms. The summed E-state index contributed by atoms with van der Waals surface area (Å²) in [6.07, 6.45) is 1.52. The van der Waals surface area contributed by atoms with Crippen molar-refractivity contribution in [2.24, 2.45) is 5.73 Å². The van der Waals surface area contributed by atoms with Crippen molar-refractivity contribution in [1.82, 2.24) is 10.5 Å². The van der Waals surface area contributed by atoms with E-state index in [1.165, 1.54) is 12.3 Å². The topological polar surface area (TPSA) is 94.3 Å². The first-order valence-electron chi connectivity index (χ1n) is 5.55. The van der Waals surface area contributed by atoms with Gasteiger partial charge in [-0.1, -0.05) is 5.16 Å². The van der Waals surface area contributed by atoms with Crippen molar-refractivity contribution in [2.75, 3.05) is 6.54 Å². The summed E-state index contributed by atoms with van der Waals surface area (Å²) in [6, 6.07) is 4.99. The maximum atomic E-state index is 11.9. The Balaban J connectivity index is 0.00000180. The maximum Gasteiger partial charge on any atom is 0.273 e. The van der Waals surface area contributed by atoms with Gasteiger partial charge in [-0.3, -0.25) is 4.79 Å². The maximum absolute atomic E-state index is 11.9. The van der Waals surface area contributed by atoms with Crippen LogP contribution in [0.2, 0.25) is 0 Å². The van der Waals surface area contributed by atoms with E-state index < -0.39 is 5.54 Å². The van der Waals surface area contributed by atoms with Crippen LogP contribution in [0.25, 0.3) is 11.5 Å². The highest BCUT2D eigenvalue weighted by Gasteiger charge is 2.22. The Morgan fingerprint density at radius 2 is 2.21 bits per heavy atom. The predicted molar refractivity (Wildman–Crippen MR) is 72.1 cm³/mol. The molecule has 0 aromatic carbocycles. The fraction of sp³-hybridized carbons (Fsp3) is 0.333. The quantitative estimate of drug-likeness (QED) is 0.893. The predicted octanol–water partition coefficient (Wildman–Crippen LogP) is 1.82. The average molecular weight is 286 g/mol. The lowest BCUT2D eigenvalue weighted by atomic mass is 10.1. The minimum absolute atomic E-state index is 0. The van der Waals surface area contributed by atoms with Crippen molar-refractivity contribution in [3.8, 4) is 11.5 Å². The minimum atomic E-state index is -0.485. The Morgan fingerprint density at radius 3 is 2.79 bits per heavy atom. The Kier molecular flexibility index (Phi) is 4.74. The Labute approximate surface area is 116 Å². The van der Waals surface area contributed by atoms with Gasteiger partial charge in [0.15, 0.2) is 11.5 Å². The standard InChI is InChI=1S/C12H15N3O3.ClH/c1-12(2,7-13)14-11(16)8-6-10(18-15-8)9-4-3-5-17-9;/h3-6H,7,13H2,1-2H3,(H,14,16);1H. The van der Waals surface area contributed by atoms with Crippen LogP contribution in [0.15, 0.2) is 33.4 Å². The molecule has 7 heteroatoms. The van der Waals surface area contributed by atoms with Crippen molar-refractivity contribution in [3.05, 3.63) is 30.2 Å². The number of nitrogens with two attached hydrogens (primary N) is 1. The van der Waals surface area contributed by atoms with Gasteiger partial charge < -0.3 is 20.0 Å². The number of nitrogens with zero attached hydrogens (tertiary/aromatic N) is 1. The summed E-state index contributed by atoms with van der Waals surface area (Å²) in [4.78, 5) is 11.9. The molecule has 1 amide bonds. The minimum Gasteiger partial charge on any atom is -0.461 e. The summed E-state index contributed by atoms with van der Waals surface area (Å²) in [7, 11) is 0. The molecule has 2 aromatic rings. The average Bonchev–Trinajstić information content (AvgIpc) is 2.99. The highest BCUT2D eigenvalue weighted by molar-refractivity contribution is 5.93. The zero-order valence-corrected chi connectivity index (χ0v) is 11.5. The van der Waals surface area contributed by atoms with Crippen LogP contribution in [0.3, 0.4) is 0 Å². The van der Waals surface area contributed by atoms with Crippen molar-refractivity contribution in [1.29, 1.82) is 0 Å². The SMILES string of the molecule is CC(C)(CN)NC(=O)c1cc(-c2ccco2)on1.Cl. The molecule has 0 radical (unpaired) electrons. The van der Waals surface area contributed by atoms with E-state index in [9.17, 15) is 4.79 Å². The van der Waals surface area contributed by atoms with E-state index in [1.807, 2.05) is 13.8 Å². The van der Waals surface area contributed by atoms with Crippen molar-refractivity contribution in [3.63, 3.8) is 0 Å². The number of furan rings is 1. The second-order valence-electron chi connectivity index (χ2n) is 4.60. The molecule has 0 atom stereocenters. The molecule has 0 aliphatic rings. The third-order valence-electron chi connectivity index (χ3n) is 2.47. The molecule has 2 rings (SSSR count). The smallest absolute Gasteiger partial charge is 0.273 e. The van der Waals surface area contributed by atoms with Gasteiger partial charge in [0.25, 0.3) is 5.91 Å². The molecule has 6 nitrogen and oxygen atoms in total. The highest BCUT2D eigenvalue weighted by Crippen LogP contribution is 2.20. The lowest BCUT2D eigenvalue weighted by molar-refractivity contribution is 0.0906. The van der Waals surface area contributed by atoms with Gasteiger partial charge in [-0.05, 0) is 26.0 Å². The third kappa shape index (κ3) is 3.59. The number of carbonyl (C=O) groups is 1. The van der Waals surface area contributed by atoms with Gasteiger partial charge in [-0.25, -0.2) is 0 Å². The molecule has 0 bridgehead atoms. The second kappa shape index (κ2) is 5.90. The molecular formula is C12H16ClN3O3. The third-order valence-corrected chi connectivity index (χ3v) is 2.47. The number of hydrogen-bond donors (Lipinski definition) is 2. The van der Waals surface area contributed by atoms with E-state index in [0.717, 1.165) is 0 Å². The summed E-state index contributed by atoms with van der Waals surface area (Å²) in [5.74, 6) is 0.613. The van der Waals surface area contributed by atoms with Gasteiger partial charge in [0.1, 0.15) is 0 Å². The zero-order valence-electron chi connectivity index (χ0n) is 10.7. The highest BCUT2D eigenvalue weighted by atomic mass is 35.5. The van der Waals surface area contributed by atoms with E-state index >= 15 is 0 Å². The van der Waals surface area contributed by atoms with E-state index in [-0.39, 0.29) is 24.0 Å². The second-order valence-corrected chi connectivity index (χ2v) is 4.60. The summed E-state index contributed by atoms with van der Waals surface area (Å²) >= 11 is 0. The van der Waals surface area contributed by atoms with Crippen LogP contribution < -0.4 is 11.1 Å². The number of nitrogens with one attached hydrogen (secondary N) is 1. The number of amides is 1. The fourth-order valence-electron chi connectivity index (χ4n) is 1.34. The normalized spacial score (nSPS) is 10.9. The van der Waals surface area contributed by atoms with Crippen molar-refractivity contribution < 1.29 is 13.7 Å². The molecule has 2 heterocycles. The molecule has 0 unspecified atom stereocenters. The number of rotatable bonds is 4. The van der Waals surface area contributed by atoms with Gasteiger partial charge in [0, 0.05) is 18.2 Å². The van der Waals surface area contributed by atoms with Crippen LogP contribution in [0.5, 0.6) is 0 Å². The van der Waals surface area contributed by atoms with Crippen LogP contribution in [-0.4, -0.2) is 23.1 Å². The van der Waals surface area contributed by atoms with Gasteiger partial charge in [-0.2, -0.15) is 0 Å². The van der Waals surface area contributed by atoms with Crippen molar-refractivity contribution in [2.45, 2.75) is 19.4 Å². The van der Waals surface area contributed by atoms with E-state index in [1.54, 1.807) is 12.1 Å². The summed E-state index contributed by atoms with van der Waals surface area (Å²) in [6.45, 7) is 4.00. The molecule has 0 aliphatic heterocycles. The molecule has 0 spiro atoms. The molecule has 0 saturated carbocycles. The summed E-state index contributed by atoms with van der Waals surface area (Å²) in [5, 5.41) is 6.47. The van der Waals surface area contributed by atoms with Crippen LogP contribution in [0.1, 0.15) is 24.3 Å². The van der Waals surface area contributed by atoms with E-state index in [4.69, 9.17) is 14.7 Å². The molecule has 104 valence electrons. The summed E-state index contributed by atoms with van der Waals surface area (Å²) in [5.41, 5.74) is 5.25. The van der Waals surface area contributed by atoms with Gasteiger partial charge >= 0.3 is 0 Å². The number of aromatic nitrogens is 1. The zero-order chi connectivity index (χ0) is 13.2. The first-order valence-corrected chi connectivity index (χ1v) is 5.55. The number of hydrogen-bond acceptors (Lipinski definition) is 5. The molecule has 0 saturated heterocycles. The first kappa shape index (κ1) is 15.3. The molecule has 2 aromatic heterocycles. The van der Waals surface area contributed by atoms with Gasteiger partial charge in [0.05, 0.1) is 6.26 Å². The lowest BCUT2D eigenvalue weighted by Crippen LogP contribution is -2.48. The van der Waals surface area contributed by atoms with Crippen LogP contribution in [0.4, 0.5) is 0 Å². The fourth-order valence-corrected chi connectivity index (χ4v) is 1.34. The van der Waals surface area contributed by atoms with Crippen LogP contribution >= 0.6 is 12.4 Å².